The molecule has 0 saturated heterocycles. The van der Waals surface area contributed by atoms with E-state index in [2.05, 4.69) is 11.9 Å². The zero-order valence-corrected chi connectivity index (χ0v) is 12.0. The summed E-state index contributed by atoms with van der Waals surface area (Å²) < 4.78 is 18.0. The lowest BCUT2D eigenvalue weighted by molar-refractivity contribution is 0.0535. The van der Waals surface area contributed by atoms with E-state index in [-0.39, 0.29) is 11.6 Å². The van der Waals surface area contributed by atoms with Crippen LogP contribution in [0.25, 0.3) is 5.57 Å². The van der Waals surface area contributed by atoms with Gasteiger partial charge in [0, 0.05) is 6.54 Å². The predicted molar refractivity (Wildman–Crippen MR) is 74.7 cm³/mol. The summed E-state index contributed by atoms with van der Waals surface area (Å²) in [7, 11) is 0. The van der Waals surface area contributed by atoms with Gasteiger partial charge in [-0.15, -0.1) is 0 Å². The average molecular weight is 286 g/mol. The van der Waals surface area contributed by atoms with E-state index in [4.69, 9.17) is 16.3 Å². The first kappa shape index (κ1) is 15.5. The molecule has 5 heteroatoms. The summed E-state index contributed by atoms with van der Waals surface area (Å²) in [5.74, 6) is -0.415. The first-order chi connectivity index (χ1) is 8.69. The van der Waals surface area contributed by atoms with Crippen LogP contribution in [0.1, 0.15) is 26.3 Å². The van der Waals surface area contributed by atoms with Crippen molar-refractivity contribution in [1.29, 1.82) is 0 Å². The third kappa shape index (κ3) is 5.30. The number of hydrogen-bond acceptors (Lipinski definition) is 2. The number of carbonyl (C=O) groups is 1. The van der Waals surface area contributed by atoms with Crippen LogP contribution in [0, 0.1) is 5.82 Å². The Morgan fingerprint density at radius 2 is 2.11 bits per heavy atom. The summed E-state index contributed by atoms with van der Waals surface area (Å²) in [6.45, 7) is 9.32. The van der Waals surface area contributed by atoms with Crippen molar-refractivity contribution in [3.8, 4) is 0 Å². The smallest absolute Gasteiger partial charge is 0.407 e. The number of alkyl carbamates (subject to hydrolysis) is 1. The van der Waals surface area contributed by atoms with E-state index in [1.165, 1.54) is 18.2 Å². The summed E-state index contributed by atoms with van der Waals surface area (Å²) >= 11 is 5.90. The zero-order valence-electron chi connectivity index (χ0n) is 11.2. The molecule has 104 valence electrons. The zero-order chi connectivity index (χ0) is 14.6. The SMILES string of the molecule is C=C(CNC(=O)OC(C)(C)C)c1ccc(F)cc1Cl. The van der Waals surface area contributed by atoms with Crippen LogP contribution in [0.2, 0.25) is 5.02 Å². The van der Waals surface area contributed by atoms with E-state index in [1.54, 1.807) is 20.8 Å². The Hall–Kier alpha value is -1.55. The van der Waals surface area contributed by atoms with Crippen LogP contribution in [0.3, 0.4) is 0 Å². The highest BCUT2D eigenvalue weighted by molar-refractivity contribution is 6.32. The van der Waals surface area contributed by atoms with Crippen LogP contribution in [-0.4, -0.2) is 18.2 Å². The number of rotatable bonds is 3. The van der Waals surface area contributed by atoms with Gasteiger partial charge < -0.3 is 10.1 Å². The quantitative estimate of drug-likeness (QED) is 0.911. The van der Waals surface area contributed by atoms with Gasteiger partial charge in [-0.2, -0.15) is 0 Å². The van der Waals surface area contributed by atoms with Gasteiger partial charge in [-0.25, -0.2) is 9.18 Å². The number of halogens is 2. The molecule has 0 spiro atoms. The van der Waals surface area contributed by atoms with Gasteiger partial charge in [0.15, 0.2) is 0 Å². The highest BCUT2D eigenvalue weighted by Gasteiger charge is 2.16. The third-order valence-corrected chi connectivity index (χ3v) is 2.47. The highest BCUT2D eigenvalue weighted by Crippen LogP contribution is 2.23. The fourth-order valence-corrected chi connectivity index (χ4v) is 1.67. The second kappa shape index (κ2) is 6.06. The molecule has 1 aromatic rings. The molecule has 1 rings (SSSR count). The number of nitrogens with one attached hydrogen (secondary N) is 1. The normalized spacial score (nSPS) is 11.0. The molecule has 0 aromatic heterocycles. The summed E-state index contributed by atoms with van der Waals surface area (Å²) in [5, 5.41) is 2.83. The van der Waals surface area contributed by atoms with Crippen molar-refractivity contribution in [2.45, 2.75) is 26.4 Å². The topological polar surface area (TPSA) is 38.3 Å². The molecule has 0 aliphatic carbocycles. The lowest BCUT2D eigenvalue weighted by Gasteiger charge is -2.20. The fourth-order valence-electron chi connectivity index (χ4n) is 1.36. The Morgan fingerprint density at radius 1 is 1.47 bits per heavy atom. The molecule has 1 aromatic carbocycles. The molecule has 0 atom stereocenters. The first-order valence-electron chi connectivity index (χ1n) is 5.79. The summed E-state index contributed by atoms with van der Waals surface area (Å²) in [4.78, 5) is 11.5. The van der Waals surface area contributed by atoms with E-state index < -0.39 is 17.5 Å². The molecule has 0 fully saturated rings. The van der Waals surface area contributed by atoms with E-state index in [9.17, 15) is 9.18 Å². The molecule has 0 unspecified atom stereocenters. The fraction of sp³-hybridized carbons (Fsp3) is 0.357. The second-order valence-electron chi connectivity index (χ2n) is 5.08. The molecule has 0 aliphatic heterocycles. The maximum absolute atomic E-state index is 12.9. The van der Waals surface area contributed by atoms with E-state index in [0.29, 0.717) is 11.1 Å². The van der Waals surface area contributed by atoms with Crippen molar-refractivity contribution < 1.29 is 13.9 Å². The minimum Gasteiger partial charge on any atom is -0.444 e. The molecule has 0 bridgehead atoms. The Balaban J connectivity index is 2.59. The second-order valence-corrected chi connectivity index (χ2v) is 5.49. The first-order valence-corrected chi connectivity index (χ1v) is 6.17. The van der Waals surface area contributed by atoms with E-state index >= 15 is 0 Å². The van der Waals surface area contributed by atoms with Crippen molar-refractivity contribution in [3.63, 3.8) is 0 Å². The summed E-state index contributed by atoms with van der Waals surface area (Å²) in [5.41, 5.74) is 0.619. The maximum Gasteiger partial charge on any atom is 0.407 e. The molecule has 3 nitrogen and oxygen atoms in total. The van der Waals surface area contributed by atoms with Gasteiger partial charge in [0.1, 0.15) is 11.4 Å². The van der Waals surface area contributed by atoms with E-state index in [0.717, 1.165) is 0 Å². The van der Waals surface area contributed by atoms with Crippen LogP contribution in [0.15, 0.2) is 24.8 Å². The maximum atomic E-state index is 12.9. The number of hydrogen-bond donors (Lipinski definition) is 1. The van der Waals surface area contributed by atoms with Crippen molar-refractivity contribution in [2.75, 3.05) is 6.54 Å². The van der Waals surface area contributed by atoms with Gasteiger partial charge in [-0.1, -0.05) is 24.2 Å². The molecular formula is C14H17ClFNO2. The van der Waals surface area contributed by atoms with Crippen molar-refractivity contribution in [1.82, 2.24) is 5.32 Å². The number of amides is 1. The molecule has 1 amide bonds. The molecule has 0 heterocycles. The Bertz CT molecular complexity index is 495. The van der Waals surface area contributed by atoms with E-state index in [1.807, 2.05) is 0 Å². The van der Waals surface area contributed by atoms with Crippen LogP contribution in [0.5, 0.6) is 0 Å². The molecule has 1 N–H and O–H groups in total. The van der Waals surface area contributed by atoms with Gasteiger partial charge >= 0.3 is 6.09 Å². The number of carbonyl (C=O) groups excluding carboxylic acids is 1. The van der Waals surface area contributed by atoms with Crippen molar-refractivity contribution in [2.24, 2.45) is 0 Å². The van der Waals surface area contributed by atoms with Crippen LogP contribution in [0.4, 0.5) is 9.18 Å². The lowest BCUT2D eigenvalue weighted by Crippen LogP contribution is -2.33. The highest BCUT2D eigenvalue weighted by atomic mass is 35.5. The Morgan fingerprint density at radius 3 is 2.63 bits per heavy atom. The average Bonchev–Trinajstić information content (AvgIpc) is 2.23. The minimum absolute atomic E-state index is 0.181. The van der Waals surface area contributed by atoms with Gasteiger partial charge in [-0.3, -0.25) is 0 Å². The van der Waals surface area contributed by atoms with Crippen LogP contribution < -0.4 is 5.32 Å². The molecule has 0 aliphatic rings. The summed E-state index contributed by atoms with van der Waals surface area (Å²) in [6, 6.07) is 4.02. The monoisotopic (exact) mass is 285 g/mol. The summed E-state index contributed by atoms with van der Waals surface area (Å²) in [6.07, 6.45) is -0.535. The van der Waals surface area contributed by atoms with Gasteiger partial charge in [0.25, 0.3) is 0 Å². The van der Waals surface area contributed by atoms with Gasteiger partial charge in [-0.05, 0) is 44.0 Å². The van der Waals surface area contributed by atoms with Crippen molar-refractivity contribution >= 4 is 23.3 Å². The molecule has 19 heavy (non-hydrogen) atoms. The Kier molecular flexibility index (Phi) is 4.95. The standard InChI is InChI=1S/C14H17ClFNO2/c1-9(8-17-13(18)19-14(2,3)4)11-6-5-10(16)7-12(11)15/h5-7H,1,8H2,2-4H3,(H,17,18). The molecule has 0 radical (unpaired) electrons. The lowest BCUT2D eigenvalue weighted by atomic mass is 10.1. The largest absolute Gasteiger partial charge is 0.444 e. The van der Waals surface area contributed by atoms with Gasteiger partial charge in [0.2, 0.25) is 0 Å². The predicted octanol–water partition coefficient (Wildman–Crippen LogP) is 4.02. The van der Waals surface area contributed by atoms with Crippen LogP contribution in [-0.2, 0) is 4.74 Å². The molecule has 0 saturated carbocycles. The number of ether oxygens (including phenoxy) is 1. The number of benzene rings is 1. The van der Waals surface area contributed by atoms with Gasteiger partial charge in [0.05, 0.1) is 5.02 Å². The molecular weight excluding hydrogens is 269 g/mol. The Labute approximate surface area is 117 Å². The van der Waals surface area contributed by atoms with Crippen molar-refractivity contribution in [3.05, 3.63) is 41.2 Å². The van der Waals surface area contributed by atoms with Crippen LogP contribution >= 0.6 is 11.6 Å². The third-order valence-electron chi connectivity index (χ3n) is 2.16. The minimum atomic E-state index is -0.557.